The Hall–Kier alpha value is -1.10. The predicted molar refractivity (Wildman–Crippen MR) is 71.8 cm³/mol. The molecule has 1 aliphatic carbocycles. The highest BCUT2D eigenvalue weighted by Crippen LogP contribution is 2.23. The average molecular weight is 268 g/mol. The first kappa shape index (κ1) is 14.3. The molecule has 0 aromatic rings. The first-order valence-electron chi connectivity index (χ1n) is 7.26. The average Bonchev–Trinajstić information content (AvgIpc) is 2.35. The second kappa shape index (κ2) is 6.37. The van der Waals surface area contributed by atoms with E-state index in [0.29, 0.717) is 12.6 Å². The monoisotopic (exact) mass is 268 g/mol. The van der Waals surface area contributed by atoms with Gasteiger partial charge in [0.05, 0.1) is 13.0 Å². The van der Waals surface area contributed by atoms with Crippen molar-refractivity contribution in [1.29, 1.82) is 0 Å². The Kier molecular flexibility index (Phi) is 4.80. The third-order valence-electron chi connectivity index (χ3n) is 4.37. The zero-order valence-electron chi connectivity index (χ0n) is 11.7. The van der Waals surface area contributed by atoms with Gasteiger partial charge in [-0.05, 0) is 18.8 Å². The molecule has 1 saturated carbocycles. The Morgan fingerprint density at radius 1 is 1.21 bits per heavy atom. The molecule has 0 aromatic carbocycles. The largest absolute Gasteiger partial charge is 0.481 e. The van der Waals surface area contributed by atoms with Gasteiger partial charge in [0.15, 0.2) is 0 Å². The van der Waals surface area contributed by atoms with Crippen molar-refractivity contribution >= 4 is 11.9 Å². The molecule has 5 nitrogen and oxygen atoms in total. The fourth-order valence-corrected chi connectivity index (χ4v) is 3.16. The van der Waals surface area contributed by atoms with E-state index >= 15 is 0 Å². The Bertz CT molecular complexity index is 334. The number of rotatable bonds is 5. The van der Waals surface area contributed by atoms with Crippen molar-refractivity contribution in [2.45, 2.75) is 44.6 Å². The number of nitrogens with zero attached hydrogens (tertiary/aromatic N) is 2. The molecule has 1 saturated heterocycles. The van der Waals surface area contributed by atoms with Crippen molar-refractivity contribution in [1.82, 2.24) is 9.80 Å². The molecule has 0 radical (unpaired) electrons. The summed E-state index contributed by atoms with van der Waals surface area (Å²) >= 11 is 0. The first-order valence-corrected chi connectivity index (χ1v) is 7.26. The summed E-state index contributed by atoms with van der Waals surface area (Å²) in [4.78, 5) is 26.7. The van der Waals surface area contributed by atoms with E-state index in [-0.39, 0.29) is 18.2 Å². The summed E-state index contributed by atoms with van der Waals surface area (Å²) in [5.74, 6) is -0.332. The number of amides is 1. The molecule has 0 unspecified atom stereocenters. The molecule has 0 bridgehead atoms. The molecule has 1 amide bonds. The second-order valence-electron chi connectivity index (χ2n) is 5.95. The molecule has 5 heteroatoms. The van der Waals surface area contributed by atoms with E-state index in [0.717, 1.165) is 25.9 Å². The van der Waals surface area contributed by atoms with Crippen LogP contribution in [0.2, 0.25) is 0 Å². The van der Waals surface area contributed by atoms with Crippen LogP contribution in [0.25, 0.3) is 0 Å². The molecule has 0 spiro atoms. The number of aliphatic carboxylic acids is 1. The summed E-state index contributed by atoms with van der Waals surface area (Å²) in [6, 6.07) is 0.414. The van der Waals surface area contributed by atoms with Crippen LogP contribution >= 0.6 is 0 Å². The summed E-state index contributed by atoms with van der Waals surface area (Å²) in [5, 5.41) is 8.68. The summed E-state index contributed by atoms with van der Waals surface area (Å²) in [6.45, 7) is 1.94. The minimum atomic E-state index is -0.740. The maximum Gasteiger partial charge on any atom is 0.303 e. The van der Waals surface area contributed by atoms with Gasteiger partial charge >= 0.3 is 5.97 Å². The van der Waals surface area contributed by atoms with Crippen molar-refractivity contribution in [2.75, 3.05) is 26.7 Å². The fourth-order valence-electron chi connectivity index (χ4n) is 3.16. The van der Waals surface area contributed by atoms with Crippen LogP contribution in [0.15, 0.2) is 0 Å². The van der Waals surface area contributed by atoms with Crippen LogP contribution in [0.5, 0.6) is 0 Å². The van der Waals surface area contributed by atoms with E-state index in [1.54, 1.807) is 0 Å². The maximum absolute atomic E-state index is 12.1. The molecule has 2 fully saturated rings. The van der Waals surface area contributed by atoms with Gasteiger partial charge in [-0.25, -0.2) is 0 Å². The quantitative estimate of drug-likeness (QED) is 0.813. The smallest absolute Gasteiger partial charge is 0.303 e. The van der Waals surface area contributed by atoms with E-state index in [2.05, 4.69) is 4.90 Å². The van der Waals surface area contributed by atoms with Crippen molar-refractivity contribution in [2.24, 2.45) is 5.92 Å². The van der Waals surface area contributed by atoms with Crippen LogP contribution in [0, 0.1) is 5.92 Å². The van der Waals surface area contributed by atoms with Gasteiger partial charge in [0.25, 0.3) is 0 Å². The topological polar surface area (TPSA) is 60.9 Å². The lowest BCUT2D eigenvalue weighted by molar-refractivity contribution is -0.140. The molecule has 2 aliphatic rings. The first-order chi connectivity index (χ1) is 9.06. The van der Waals surface area contributed by atoms with E-state index in [4.69, 9.17) is 5.11 Å². The predicted octanol–water partition coefficient (Wildman–Crippen LogP) is 1.18. The lowest BCUT2D eigenvalue weighted by Crippen LogP contribution is -2.52. The normalized spacial score (nSPS) is 21.9. The number of carbonyl (C=O) groups excluding carboxylic acids is 1. The molecule has 0 atom stereocenters. The molecule has 1 aliphatic heterocycles. The van der Waals surface area contributed by atoms with Crippen LogP contribution in [-0.2, 0) is 9.59 Å². The van der Waals surface area contributed by atoms with Crippen LogP contribution in [0.1, 0.15) is 38.5 Å². The van der Waals surface area contributed by atoms with Crippen molar-refractivity contribution in [3.05, 3.63) is 0 Å². The van der Waals surface area contributed by atoms with Crippen LogP contribution in [0.3, 0.4) is 0 Å². The summed E-state index contributed by atoms with van der Waals surface area (Å²) in [6.07, 6.45) is 6.23. The molecule has 1 heterocycles. The second-order valence-corrected chi connectivity index (χ2v) is 5.95. The van der Waals surface area contributed by atoms with Gasteiger partial charge in [0.1, 0.15) is 0 Å². The van der Waals surface area contributed by atoms with Crippen LogP contribution < -0.4 is 0 Å². The van der Waals surface area contributed by atoms with Gasteiger partial charge in [0, 0.05) is 26.2 Å². The zero-order chi connectivity index (χ0) is 13.8. The Labute approximate surface area is 114 Å². The molecule has 108 valence electrons. The van der Waals surface area contributed by atoms with Crippen molar-refractivity contribution in [3.8, 4) is 0 Å². The van der Waals surface area contributed by atoms with Gasteiger partial charge in [-0.2, -0.15) is 0 Å². The molecule has 1 N–H and O–H groups in total. The zero-order valence-corrected chi connectivity index (χ0v) is 11.7. The highest BCUT2D eigenvalue weighted by molar-refractivity contribution is 5.78. The minimum absolute atomic E-state index is 0.181. The number of hydrogen-bond donors (Lipinski definition) is 1. The highest BCUT2D eigenvalue weighted by Gasteiger charge is 2.31. The molecular weight excluding hydrogens is 244 g/mol. The van der Waals surface area contributed by atoms with E-state index in [1.165, 1.54) is 19.3 Å². The third-order valence-corrected chi connectivity index (χ3v) is 4.37. The van der Waals surface area contributed by atoms with E-state index in [9.17, 15) is 9.59 Å². The highest BCUT2D eigenvalue weighted by atomic mass is 16.4. The number of carboxylic acids is 1. The lowest BCUT2D eigenvalue weighted by Gasteiger charge is -2.40. The lowest BCUT2D eigenvalue weighted by atomic mass is 9.94. The third kappa shape index (κ3) is 3.93. The van der Waals surface area contributed by atoms with E-state index in [1.807, 2.05) is 11.9 Å². The maximum atomic E-state index is 12.1. The van der Waals surface area contributed by atoms with Gasteiger partial charge in [-0.3, -0.25) is 14.5 Å². The molecule has 2 rings (SSSR count). The number of carboxylic acid groups (broad SMARTS) is 1. The number of carbonyl (C=O) groups is 2. The number of likely N-dealkylation sites (N-methyl/N-ethyl adjacent to an activating group) is 1. The molecule has 0 aromatic heterocycles. The van der Waals surface area contributed by atoms with Crippen LogP contribution in [0.4, 0.5) is 0 Å². The van der Waals surface area contributed by atoms with Crippen molar-refractivity contribution in [3.63, 3.8) is 0 Å². The number of hydrogen-bond acceptors (Lipinski definition) is 3. The van der Waals surface area contributed by atoms with Gasteiger partial charge in [-0.15, -0.1) is 0 Å². The minimum Gasteiger partial charge on any atom is -0.481 e. The standard InChI is InChI=1S/C14H24N2O3/c1-15(12-5-3-2-4-6-12)13(17)10-16-8-11(9-16)7-14(18)19/h11-12H,2-10H2,1H3,(H,18,19). The molecule has 19 heavy (non-hydrogen) atoms. The number of likely N-dealkylation sites (tertiary alicyclic amines) is 1. The Morgan fingerprint density at radius 3 is 2.42 bits per heavy atom. The van der Waals surface area contributed by atoms with Crippen LogP contribution in [-0.4, -0.2) is 59.5 Å². The summed E-state index contributed by atoms with van der Waals surface area (Å²) in [5.41, 5.74) is 0. The summed E-state index contributed by atoms with van der Waals surface area (Å²) < 4.78 is 0. The van der Waals surface area contributed by atoms with Gasteiger partial charge in [-0.1, -0.05) is 19.3 Å². The SMILES string of the molecule is CN(C(=O)CN1CC(CC(=O)O)C1)C1CCCCC1. The van der Waals surface area contributed by atoms with Crippen molar-refractivity contribution < 1.29 is 14.7 Å². The summed E-state index contributed by atoms with van der Waals surface area (Å²) in [7, 11) is 1.91. The fraction of sp³-hybridized carbons (Fsp3) is 0.857. The van der Waals surface area contributed by atoms with Gasteiger partial charge < -0.3 is 10.0 Å². The van der Waals surface area contributed by atoms with Gasteiger partial charge in [0.2, 0.25) is 5.91 Å². The molecular formula is C14H24N2O3. The Morgan fingerprint density at radius 2 is 1.84 bits per heavy atom. The van der Waals surface area contributed by atoms with E-state index < -0.39 is 5.97 Å². The Balaban J connectivity index is 1.68.